The van der Waals surface area contributed by atoms with Crippen molar-refractivity contribution in [2.24, 2.45) is 5.73 Å². The van der Waals surface area contributed by atoms with Crippen LogP contribution in [0.3, 0.4) is 0 Å². The minimum Gasteiger partial charge on any atom is -0.394 e. The zero-order valence-corrected chi connectivity index (χ0v) is 11.3. The first kappa shape index (κ1) is 15.3. The summed E-state index contributed by atoms with van der Waals surface area (Å²) in [7, 11) is 0. The lowest BCUT2D eigenvalue weighted by Crippen LogP contribution is -2.44. The Morgan fingerprint density at radius 1 is 1.35 bits per heavy atom. The van der Waals surface area contributed by atoms with E-state index in [9.17, 15) is 8.78 Å². The molecule has 1 aromatic carbocycles. The van der Waals surface area contributed by atoms with Gasteiger partial charge in [0.1, 0.15) is 11.6 Å². The van der Waals surface area contributed by atoms with Crippen LogP contribution in [0.25, 0.3) is 0 Å². The Labute approximate surface area is 117 Å². The van der Waals surface area contributed by atoms with Crippen molar-refractivity contribution in [1.82, 2.24) is 4.90 Å². The number of nitrogens with zero attached hydrogens (tertiary/aromatic N) is 1. The second-order valence-electron chi connectivity index (χ2n) is 5.07. The van der Waals surface area contributed by atoms with E-state index in [1.165, 1.54) is 12.1 Å². The number of morpholine rings is 1. The number of hydrogen-bond acceptors (Lipinski definition) is 4. The second-order valence-corrected chi connectivity index (χ2v) is 5.07. The van der Waals surface area contributed by atoms with Gasteiger partial charge in [0, 0.05) is 31.7 Å². The summed E-state index contributed by atoms with van der Waals surface area (Å²) in [4.78, 5) is 2.14. The average molecular weight is 286 g/mol. The molecule has 1 aliphatic rings. The first-order valence-electron chi connectivity index (χ1n) is 6.75. The highest BCUT2D eigenvalue weighted by molar-refractivity contribution is 5.21. The third-order valence-corrected chi connectivity index (χ3v) is 3.50. The minimum absolute atomic E-state index is 0.00232. The van der Waals surface area contributed by atoms with Gasteiger partial charge >= 0.3 is 0 Å². The summed E-state index contributed by atoms with van der Waals surface area (Å²) in [6.45, 7) is 2.72. The molecule has 112 valence electrons. The largest absolute Gasteiger partial charge is 0.394 e. The number of halogens is 2. The van der Waals surface area contributed by atoms with Crippen molar-refractivity contribution in [1.29, 1.82) is 0 Å². The monoisotopic (exact) mass is 286 g/mol. The summed E-state index contributed by atoms with van der Waals surface area (Å²) in [6, 6.07) is 2.97. The number of rotatable bonds is 5. The normalized spacial score (nSPS) is 21.9. The van der Waals surface area contributed by atoms with Crippen LogP contribution in [0.5, 0.6) is 0 Å². The highest BCUT2D eigenvalue weighted by Gasteiger charge is 2.20. The van der Waals surface area contributed by atoms with Gasteiger partial charge in [0.15, 0.2) is 0 Å². The Balaban J connectivity index is 1.86. The van der Waals surface area contributed by atoms with Gasteiger partial charge in [0.25, 0.3) is 0 Å². The molecular weight excluding hydrogens is 266 g/mol. The van der Waals surface area contributed by atoms with Gasteiger partial charge in [-0.1, -0.05) is 0 Å². The van der Waals surface area contributed by atoms with E-state index in [-0.39, 0.29) is 12.7 Å². The van der Waals surface area contributed by atoms with E-state index in [1.807, 2.05) is 0 Å². The lowest BCUT2D eigenvalue weighted by molar-refractivity contribution is -0.0531. The van der Waals surface area contributed by atoms with E-state index < -0.39 is 17.7 Å². The summed E-state index contributed by atoms with van der Waals surface area (Å²) >= 11 is 0. The highest BCUT2D eigenvalue weighted by Crippen LogP contribution is 2.18. The van der Waals surface area contributed by atoms with Crippen molar-refractivity contribution >= 4 is 0 Å². The van der Waals surface area contributed by atoms with E-state index >= 15 is 0 Å². The van der Waals surface area contributed by atoms with Gasteiger partial charge in [-0.05, 0) is 24.1 Å². The predicted molar refractivity (Wildman–Crippen MR) is 71.2 cm³/mol. The maximum absolute atomic E-state index is 13.1. The number of nitrogens with two attached hydrogens (primary N) is 1. The van der Waals surface area contributed by atoms with E-state index in [0.29, 0.717) is 31.7 Å². The van der Waals surface area contributed by atoms with Crippen molar-refractivity contribution < 1.29 is 18.6 Å². The van der Waals surface area contributed by atoms with Crippen LogP contribution in [0.4, 0.5) is 8.78 Å². The topological polar surface area (TPSA) is 58.7 Å². The van der Waals surface area contributed by atoms with Gasteiger partial charge in [-0.2, -0.15) is 0 Å². The lowest BCUT2D eigenvalue weighted by atomic mass is 10.0. The Morgan fingerprint density at radius 3 is 2.70 bits per heavy atom. The molecule has 0 amide bonds. The summed E-state index contributed by atoms with van der Waals surface area (Å²) in [6.07, 6.45) is 0.438. The molecule has 20 heavy (non-hydrogen) atoms. The molecule has 0 saturated carbocycles. The maximum Gasteiger partial charge on any atom is 0.126 e. The quantitative estimate of drug-likeness (QED) is 0.849. The summed E-state index contributed by atoms with van der Waals surface area (Å²) < 4.78 is 31.6. The molecule has 1 heterocycles. The van der Waals surface area contributed by atoms with Crippen LogP contribution in [-0.4, -0.2) is 49.0 Å². The number of benzene rings is 1. The van der Waals surface area contributed by atoms with Gasteiger partial charge in [0.2, 0.25) is 0 Å². The molecule has 2 unspecified atom stereocenters. The minimum atomic E-state index is -0.609. The van der Waals surface area contributed by atoms with Crippen LogP contribution < -0.4 is 5.73 Å². The molecule has 1 fully saturated rings. The van der Waals surface area contributed by atoms with Crippen LogP contribution in [0, 0.1) is 11.6 Å². The van der Waals surface area contributed by atoms with Crippen molar-refractivity contribution in [3.8, 4) is 0 Å². The van der Waals surface area contributed by atoms with E-state index in [1.54, 1.807) is 0 Å². The van der Waals surface area contributed by atoms with Gasteiger partial charge in [0.05, 0.1) is 19.3 Å². The summed E-state index contributed by atoms with van der Waals surface area (Å²) in [5.74, 6) is -1.22. The fourth-order valence-corrected chi connectivity index (χ4v) is 2.37. The molecular formula is C14H20F2N2O2. The number of hydrogen-bond donors (Lipinski definition) is 2. The van der Waals surface area contributed by atoms with E-state index in [2.05, 4.69) is 4.90 Å². The zero-order valence-electron chi connectivity index (χ0n) is 11.3. The van der Waals surface area contributed by atoms with Gasteiger partial charge in [-0.25, -0.2) is 8.78 Å². The third kappa shape index (κ3) is 4.21. The molecule has 0 radical (unpaired) electrons. The molecule has 0 aromatic heterocycles. The molecule has 0 bridgehead atoms. The first-order chi connectivity index (χ1) is 9.58. The summed E-state index contributed by atoms with van der Waals surface area (Å²) in [5.41, 5.74) is 6.44. The fourth-order valence-electron chi connectivity index (χ4n) is 2.37. The Morgan fingerprint density at radius 2 is 2.05 bits per heavy atom. The molecule has 6 heteroatoms. The standard InChI is InChI=1S/C14H20F2N2O2/c15-11-5-10(6-12(16)7-11)14(17)1-2-18-3-4-20-13(8-18)9-19/h5-7,13-14,19H,1-4,8-9,17H2. The number of aliphatic hydroxyl groups excluding tert-OH is 1. The molecule has 4 nitrogen and oxygen atoms in total. The van der Waals surface area contributed by atoms with Crippen molar-refractivity contribution in [2.75, 3.05) is 32.8 Å². The molecule has 1 aromatic rings. The predicted octanol–water partition coefficient (Wildman–Crippen LogP) is 1.05. The van der Waals surface area contributed by atoms with Crippen LogP contribution in [0.1, 0.15) is 18.0 Å². The van der Waals surface area contributed by atoms with Crippen LogP contribution >= 0.6 is 0 Å². The molecule has 3 N–H and O–H groups in total. The Hall–Kier alpha value is -1.08. The van der Waals surface area contributed by atoms with Gasteiger partial charge < -0.3 is 15.6 Å². The Bertz CT molecular complexity index is 425. The van der Waals surface area contributed by atoms with Gasteiger partial charge in [-0.15, -0.1) is 0 Å². The van der Waals surface area contributed by atoms with Crippen molar-refractivity contribution in [2.45, 2.75) is 18.6 Å². The van der Waals surface area contributed by atoms with Crippen molar-refractivity contribution in [3.05, 3.63) is 35.4 Å². The van der Waals surface area contributed by atoms with Gasteiger partial charge in [-0.3, -0.25) is 4.90 Å². The molecule has 1 saturated heterocycles. The van der Waals surface area contributed by atoms with E-state index in [4.69, 9.17) is 15.6 Å². The molecule has 1 aliphatic heterocycles. The summed E-state index contributed by atoms with van der Waals surface area (Å²) in [5, 5.41) is 9.07. The molecule has 2 rings (SSSR count). The molecule has 0 spiro atoms. The Kier molecular flexibility index (Phi) is 5.42. The molecule has 2 atom stereocenters. The lowest BCUT2D eigenvalue weighted by Gasteiger charge is -2.32. The number of ether oxygens (including phenoxy) is 1. The van der Waals surface area contributed by atoms with E-state index in [0.717, 1.165) is 12.6 Å². The number of aliphatic hydroxyl groups is 1. The maximum atomic E-state index is 13.1. The average Bonchev–Trinajstić information content (AvgIpc) is 2.44. The van der Waals surface area contributed by atoms with Crippen LogP contribution in [-0.2, 0) is 4.74 Å². The highest BCUT2D eigenvalue weighted by atomic mass is 19.1. The van der Waals surface area contributed by atoms with Crippen molar-refractivity contribution in [3.63, 3.8) is 0 Å². The zero-order chi connectivity index (χ0) is 14.5. The van der Waals surface area contributed by atoms with Crippen LogP contribution in [0.15, 0.2) is 18.2 Å². The second kappa shape index (κ2) is 7.08. The SMILES string of the molecule is NC(CCN1CCOC(CO)C1)c1cc(F)cc(F)c1. The third-order valence-electron chi connectivity index (χ3n) is 3.50. The molecule has 0 aliphatic carbocycles. The first-order valence-corrected chi connectivity index (χ1v) is 6.75. The van der Waals surface area contributed by atoms with Crippen LogP contribution in [0.2, 0.25) is 0 Å². The smallest absolute Gasteiger partial charge is 0.126 e. The fraction of sp³-hybridized carbons (Fsp3) is 0.571.